The Kier molecular flexibility index (Phi) is 8.94. The number of nitrogens with one attached hydrogen (secondary N) is 1. The molecule has 2 atom stereocenters. The van der Waals surface area contributed by atoms with E-state index < -0.39 is 16.5 Å². The number of pyridine rings is 1. The molecule has 2 heterocycles. The monoisotopic (exact) mass is 305 g/mol. The Labute approximate surface area is 130 Å². The molecule has 0 aromatic carbocycles. The van der Waals surface area contributed by atoms with Gasteiger partial charge in [0.15, 0.2) is 9.96 Å². The first-order valence-electron chi connectivity index (χ1n) is 3.84. The number of aromatic amines is 1. The van der Waals surface area contributed by atoms with E-state index in [1.807, 2.05) is 12.1 Å². The Balaban J connectivity index is -0.000000240. The molecular formula is C6H9CaN3O5P2+2. The van der Waals surface area contributed by atoms with Gasteiger partial charge >= 0.3 is 54.2 Å². The predicted octanol–water partition coefficient (Wildman–Crippen LogP) is 1.10. The van der Waals surface area contributed by atoms with Crippen molar-refractivity contribution in [2.75, 3.05) is 0 Å². The van der Waals surface area contributed by atoms with Crippen LogP contribution in [0.2, 0.25) is 0 Å². The van der Waals surface area contributed by atoms with Crippen molar-refractivity contribution >= 4 is 65.4 Å². The van der Waals surface area contributed by atoms with Gasteiger partial charge in [-0.05, 0) is 12.1 Å². The van der Waals surface area contributed by atoms with Crippen LogP contribution in [0.3, 0.4) is 0 Å². The summed E-state index contributed by atoms with van der Waals surface area (Å²) < 4.78 is 22.2. The molecule has 3 N–H and O–H groups in total. The predicted molar refractivity (Wildman–Crippen MR) is 62.6 cm³/mol. The SMILES string of the molecule is O=[P+](O)O[P+](=O)O.[Ca+2].[H-].[H-].c1cnc2nc[nH]c2c1. The molecule has 0 saturated heterocycles. The van der Waals surface area contributed by atoms with Gasteiger partial charge in [0.1, 0.15) is 0 Å². The van der Waals surface area contributed by atoms with Gasteiger partial charge in [-0.3, -0.25) is 0 Å². The minimum atomic E-state index is -2.92. The summed E-state index contributed by atoms with van der Waals surface area (Å²) in [6, 6.07) is 3.82. The molecule has 0 saturated carbocycles. The molecule has 0 aliphatic carbocycles. The molecule has 2 aromatic rings. The zero-order valence-corrected chi connectivity index (χ0v) is 12.4. The average molecular weight is 305 g/mol. The van der Waals surface area contributed by atoms with Gasteiger partial charge in [0.2, 0.25) is 0 Å². The summed E-state index contributed by atoms with van der Waals surface area (Å²) in [6.07, 6.45) is 3.36. The van der Waals surface area contributed by atoms with E-state index in [1.165, 1.54) is 0 Å². The van der Waals surface area contributed by atoms with Gasteiger partial charge in [-0.1, -0.05) is 0 Å². The molecule has 2 rings (SSSR count). The number of rotatable bonds is 2. The molecule has 8 nitrogen and oxygen atoms in total. The molecule has 0 radical (unpaired) electrons. The van der Waals surface area contributed by atoms with Gasteiger partial charge in [-0.15, -0.1) is 9.79 Å². The van der Waals surface area contributed by atoms with Gasteiger partial charge in [0.25, 0.3) is 0 Å². The fourth-order valence-corrected chi connectivity index (χ4v) is 1.31. The number of H-pyrrole nitrogens is 1. The quantitative estimate of drug-likeness (QED) is 0.560. The van der Waals surface area contributed by atoms with E-state index in [-0.39, 0.29) is 40.6 Å². The van der Waals surface area contributed by atoms with E-state index in [1.54, 1.807) is 12.5 Å². The van der Waals surface area contributed by atoms with Gasteiger partial charge < -0.3 is 7.84 Å². The van der Waals surface area contributed by atoms with E-state index in [2.05, 4.69) is 19.3 Å². The minimum absolute atomic E-state index is 0. The second-order valence-electron chi connectivity index (χ2n) is 2.33. The third-order valence-electron chi connectivity index (χ3n) is 1.33. The molecule has 0 bridgehead atoms. The fourth-order valence-electron chi connectivity index (χ4n) is 0.835. The van der Waals surface area contributed by atoms with Crippen molar-refractivity contribution < 1.29 is 26.1 Å². The van der Waals surface area contributed by atoms with Crippen LogP contribution in [0.1, 0.15) is 2.85 Å². The summed E-state index contributed by atoms with van der Waals surface area (Å²) in [5, 5.41) is 0. The van der Waals surface area contributed by atoms with Gasteiger partial charge in [-0.2, -0.15) is 0 Å². The van der Waals surface area contributed by atoms with Crippen molar-refractivity contribution in [1.29, 1.82) is 0 Å². The maximum atomic E-state index is 9.39. The van der Waals surface area contributed by atoms with Crippen LogP contribution >= 0.6 is 16.5 Å². The molecule has 0 amide bonds. The Morgan fingerprint density at radius 2 is 1.94 bits per heavy atom. The first-order chi connectivity index (χ1) is 7.59. The van der Waals surface area contributed by atoms with Gasteiger partial charge in [-0.25, -0.2) is 9.97 Å². The van der Waals surface area contributed by atoms with Crippen molar-refractivity contribution in [2.45, 2.75) is 0 Å². The molecule has 0 aliphatic heterocycles. The van der Waals surface area contributed by atoms with E-state index in [9.17, 15) is 9.13 Å². The molecule has 2 unspecified atom stereocenters. The van der Waals surface area contributed by atoms with Crippen molar-refractivity contribution in [3.05, 3.63) is 24.7 Å². The zero-order valence-electron chi connectivity index (χ0n) is 10.4. The summed E-state index contributed by atoms with van der Waals surface area (Å²) in [5.74, 6) is 0. The van der Waals surface area contributed by atoms with Crippen LogP contribution in [0.15, 0.2) is 24.7 Å². The van der Waals surface area contributed by atoms with Crippen LogP contribution < -0.4 is 0 Å². The van der Waals surface area contributed by atoms with Gasteiger partial charge in [0.05, 0.1) is 11.8 Å². The summed E-state index contributed by atoms with van der Waals surface area (Å²) in [6.45, 7) is 0. The molecule has 0 fully saturated rings. The van der Waals surface area contributed by atoms with Crippen molar-refractivity contribution in [2.24, 2.45) is 0 Å². The minimum Gasteiger partial charge on any atom is -1.00 e. The Bertz CT molecular complexity index is 474. The first kappa shape index (κ1) is 17.0. The second-order valence-corrected chi connectivity index (χ2v) is 3.94. The van der Waals surface area contributed by atoms with Crippen LogP contribution in [-0.4, -0.2) is 62.5 Å². The Morgan fingerprint density at radius 3 is 2.41 bits per heavy atom. The Morgan fingerprint density at radius 1 is 1.29 bits per heavy atom. The number of fused-ring (bicyclic) bond motifs is 1. The van der Waals surface area contributed by atoms with Crippen molar-refractivity contribution in [3.8, 4) is 0 Å². The van der Waals surface area contributed by atoms with Crippen molar-refractivity contribution in [3.63, 3.8) is 0 Å². The third kappa shape index (κ3) is 7.08. The molecule has 17 heavy (non-hydrogen) atoms. The number of imidazole rings is 1. The maximum absolute atomic E-state index is 9.39. The smallest absolute Gasteiger partial charge is 1.00 e. The van der Waals surface area contributed by atoms with Crippen LogP contribution in [-0.2, 0) is 13.4 Å². The summed E-state index contributed by atoms with van der Waals surface area (Å²) in [7, 11) is -5.85. The normalized spacial score (nSPS) is 10.9. The molecule has 11 heteroatoms. The van der Waals surface area contributed by atoms with E-state index >= 15 is 0 Å². The number of hydrogen-bond acceptors (Lipinski definition) is 5. The number of aromatic nitrogens is 3. The van der Waals surface area contributed by atoms with Crippen LogP contribution in [0, 0.1) is 0 Å². The van der Waals surface area contributed by atoms with Crippen LogP contribution in [0.4, 0.5) is 0 Å². The Hall–Kier alpha value is -0.0403. The van der Waals surface area contributed by atoms with E-state index in [0.717, 1.165) is 11.2 Å². The first-order valence-corrected chi connectivity index (χ1v) is 6.10. The molecule has 88 valence electrons. The third-order valence-corrected chi connectivity index (χ3v) is 2.45. The average Bonchev–Trinajstić information content (AvgIpc) is 2.63. The standard InChI is InChI=1S/C6H5N3.Ca.O5P2.2H/c1-2-5-6(7-3-1)9-4-8-5;;1-6(2)5-7(3)4;;/h1-4H,(H,7,8,9);;;;/q;+2;;2*-1/p+2. The fraction of sp³-hybridized carbons (Fsp3) is 0. The topological polar surface area (TPSA) is 125 Å². The molecule has 2 aromatic heterocycles. The van der Waals surface area contributed by atoms with Crippen LogP contribution in [0.25, 0.3) is 11.2 Å². The molecule has 0 aliphatic rings. The largest absolute Gasteiger partial charge is 2.00 e. The van der Waals surface area contributed by atoms with Gasteiger partial charge in [0, 0.05) is 15.3 Å². The zero-order chi connectivity index (χ0) is 12.0. The number of nitrogens with zero attached hydrogens (tertiary/aromatic N) is 2. The summed E-state index contributed by atoms with van der Waals surface area (Å²) >= 11 is 0. The molecular weight excluding hydrogens is 296 g/mol. The second kappa shape index (κ2) is 8.97. The van der Waals surface area contributed by atoms with Crippen LogP contribution in [0.5, 0.6) is 0 Å². The summed E-state index contributed by atoms with van der Waals surface area (Å²) in [4.78, 5) is 26.2. The number of hydrogen-bond donors (Lipinski definition) is 3. The summed E-state index contributed by atoms with van der Waals surface area (Å²) in [5.41, 5.74) is 1.76. The maximum Gasteiger partial charge on any atom is 2.00 e. The van der Waals surface area contributed by atoms with E-state index in [0.29, 0.717) is 0 Å². The molecule has 0 spiro atoms. The van der Waals surface area contributed by atoms with E-state index in [4.69, 9.17) is 9.79 Å². The van der Waals surface area contributed by atoms with Crippen molar-refractivity contribution in [1.82, 2.24) is 15.0 Å².